The predicted molar refractivity (Wildman–Crippen MR) is 65.1 cm³/mol. The summed E-state index contributed by atoms with van der Waals surface area (Å²) in [5, 5.41) is 13.2. The van der Waals surface area contributed by atoms with E-state index in [0.29, 0.717) is 11.8 Å². The highest BCUT2D eigenvalue weighted by Gasteiger charge is 2.17. The van der Waals surface area contributed by atoms with Crippen LogP contribution in [0.25, 0.3) is 0 Å². The van der Waals surface area contributed by atoms with Crippen LogP contribution in [-0.2, 0) is 0 Å². The van der Waals surface area contributed by atoms with Crippen molar-refractivity contribution >= 4 is 15.9 Å². The Morgan fingerprint density at radius 1 is 1.40 bits per heavy atom. The minimum Gasteiger partial charge on any atom is -0.507 e. The number of rotatable bonds is 1. The van der Waals surface area contributed by atoms with Gasteiger partial charge in [-0.15, -0.1) is 0 Å². The van der Waals surface area contributed by atoms with Gasteiger partial charge in [0.05, 0.1) is 4.47 Å². The molecule has 1 heterocycles. The van der Waals surface area contributed by atoms with Gasteiger partial charge in [-0.3, -0.25) is 0 Å². The van der Waals surface area contributed by atoms with Gasteiger partial charge in [0, 0.05) is 6.04 Å². The molecule has 1 saturated heterocycles. The molecule has 2 rings (SSSR count). The molecule has 15 heavy (non-hydrogen) atoms. The maximum absolute atomic E-state index is 9.68. The molecule has 1 aromatic carbocycles. The van der Waals surface area contributed by atoms with Crippen molar-refractivity contribution in [2.45, 2.75) is 32.2 Å². The van der Waals surface area contributed by atoms with Crippen LogP contribution >= 0.6 is 15.9 Å². The Morgan fingerprint density at radius 3 is 2.87 bits per heavy atom. The first-order chi connectivity index (χ1) is 7.18. The van der Waals surface area contributed by atoms with Gasteiger partial charge in [0.25, 0.3) is 0 Å². The molecule has 1 aliphatic heterocycles. The van der Waals surface area contributed by atoms with E-state index in [1.165, 1.54) is 30.4 Å². The summed E-state index contributed by atoms with van der Waals surface area (Å²) in [4.78, 5) is 0. The zero-order chi connectivity index (χ0) is 10.8. The van der Waals surface area contributed by atoms with Gasteiger partial charge >= 0.3 is 0 Å². The number of aryl methyl sites for hydroxylation is 1. The lowest BCUT2D eigenvalue weighted by atomic mass is 9.94. The van der Waals surface area contributed by atoms with Gasteiger partial charge in [0.15, 0.2) is 0 Å². The molecule has 0 radical (unpaired) electrons. The number of benzene rings is 1. The second kappa shape index (κ2) is 4.54. The van der Waals surface area contributed by atoms with Gasteiger partial charge in [-0.1, -0.05) is 6.42 Å². The third-order valence-electron chi connectivity index (χ3n) is 3.02. The number of hydrogen-bond acceptors (Lipinski definition) is 2. The molecule has 1 unspecified atom stereocenters. The van der Waals surface area contributed by atoms with Gasteiger partial charge in [-0.05, 0) is 65.5 Å². The van der Waals surface area contributed by atoms with Crippen molar-refractivity contribution in [2.75, 3.05) is 6.54 Å². The number of aromatic hydroxyl groups is 1. The normalized spacial score (nSPS) is 21.6. The quantitative estimate of drug-likeness (QED) is 0.820. The zero-order valence-electron chi connectivity index (χ0n) is 8.89. The molecule has 0 bridgehead atoms. The topological polar surface area (TPSA) is 32.3 Å². The molecular formula is C12H16BrNO. The maximum Gasteiger partial charge on any atom is 0.130 e. The fraction of sp³-hybridized carbons (Fsp3) is 0.500. The Hall–Kier alpha value is -0.540. The van der Waals surface area contributed by atoms with Crippen molar-refractivity contribution in [1.82, 2.24) is 5.32 Å². The Balaban J connectivity index is 2.30. The summed E-state index contributed by atoms with van der Waals surface area (Å²) >= 11 is 3.33. The van der Waals surface area contributed by atoms with E-state index in [-0.39, 0.29) is 0 Å². The Labute approximate surface area is 98.8 Å². The van der Waals surface area contributed by atoms with E-state index in [4.69, 9.17) is 0 Å². The van der Waals surface area contributed by atoms with E-state index in [2.05, 4.69) is 28.2 Å². The molecule has 0 spiro atoms. The monoisotopic (exact) mass is 269 g/mol. The standard InChI is InChI=1S/C12H16BrNO/c1-8-6-10(13)12(15)7-9(8)11-4-2-3-5-14-11/h6-7,11,14-15H,2-5H2,1H3. The minimum atomic E-state index is 0.336. The molecule has 0 saturated carbocycles. The molecule has 0 aromatic heterocycles. The molecule has 1 fully saturated rings. The smallest absolute Gasteiger partial charge is 0.130 e. The Bertz CT molecular complexity index is 359. The van der Waals surface area contributed by atoms with Gasteiger partial charge in [0.1, 0.15) is 5.75 Å². The highest BCUT2D eigenvalue weighted by atomic mass is 79.9. The van der Waals surface area contributed by atoms with Crippen LogP contribution in [0.3, 0.4) is 0 Å². The second-order valence-electron chi connectivity index (χ2n) is 4.16. The van der Waals surface area contributed by atoms with E-state index in [9.17, 15) is 5.11 Å². The third kappa shape index (κ3) is 2.34. The molecule has 2 nitrogen and oxygen atoms in total. The van der Waals surface area contributed by atoms with Crippen LogP contribution in [0, 0.1) is 6.92 Å². The first-order valence-corrected chi connectivity index (χ1v) is 6.20. The van der Waals surface area contributed by atoms with Crippen LogP contribution in [0.4, 0.5) is 0 Å². The van der Waals surface area contributed by atoms with Crippen LogP contribution in [0.2, 0.25) is 0 Å². The summed E-state index contributed by atoms with van der Waals surface area (Å²) < 4.78 is 0.777. The van der Waals surface area contributed by atoms with Crippen LogP contribution in [0.5, 0.6) is 5.75 Å². The van der Waals surface area contributed by atoms with Crippen LogP contribution in [0.15, 0.2) is 16.6 Å². The fourth-order valence-electron chi connectivity index (χ4n) is 2.17. The molecule has 1 aliphatic rings. The number of halogens is 1. The van der Waals surface area contributed by atoms with Gasteiger partial charge < -0.3 is 10.4 Å². The van der Waals surface area contributed by atoms with Crippen molar-refractivity contribution in [3.8, 4) is 5.75 Å². The number of piperidine rings is 1. The summed E-state index contributed by atoms with van der Waals surface area (Å²) in [5.74, 6) is 0.336. The summed E-state index contributed by atoms with van der Waals surface area (Å²) in [5.41, 5.74) is 2.47. The summed E-state index contributed by atoms with van der Waals surface area (Å²) in [6.07, 6.45) is 3.70. The fourth-order valence-corrected chi connectivity index (χ4v) is 2.63. The van der Waals surface area contributed by atoms with Crippen molar-refractivity contribution in [3.05, 3.63) is 27.7 Å². The van der Waals surface area contributed by atoms with Crippen molar-refractivity contribution in [3.63, 3.8) is 0 Å². The molecule has 2 N–H and O–H groups in total. The third-order valence-corrected chi connectivity index (χ3v) is 3.66. The Morgan fingerprint density at radius 2 is 2.20 bits per heavy atom. The molecule has 0 aliphatic carbocycles. The average Bonchev–Trinajstić information content (AvgIpc) is 2.25. The highest BCUT2D eigenvalue weighted by Crippen LogP contribution is 2.33. The molecule has 1 atom stereocenters. The molecule has 82 valence electrons. The summed E-state index contributed by atoms with van der Waals surface area (Å²) in [6.45, 7) is 3.18. The number of phenolic OH excluding ortho intramolecular Hbond substituents is 1. The molecule has 0 amide bonds. The first kappa shape index (κ1) is 11.0. The average molecular weight is 270 g/mol. The van der Waals surface area contributed by atoms with Crippen molar-refractivity contribution < 1.29 is 5.11 Å². The van der Waals surface area contributed by atoms with E-state index >= 15 is 0 Å². The Kier molecular flexibility index (Phi) is 3.32. The van der Waals surface area contributed by atoms with Crippen molar-refractivity contribution in [2.24, 2.45) is 0 Å². The van der Waals surface area contributed by atoms with Gasteiger partial charge in [-0.25, -0.2) is 0 Å². The predicted octanol–water partition coefficient (Wildman–Crippen LogP) is 3.28. The van der Waals surface area contributed by atoms with E-state index in [1.54, 1.807) is 0 Å². The lowest BCUT2D eigenvalue weighted by Crippen LogP contribution is -2.27. The number of phenols is 1. The number of hydrogen-bond donors (Lipinski definition) is 2. The minimum absolute atomic E-state index is 0.336. The van der Waals surface area contributed by atoms with Crippen LogP contribution < -0.4 is 5.32 Å². The maximum atomic E-state index is 9.68. The molecular weight excluding hydrogens is 254 g/mol. The SMILES string of the molecule is Cc1cc(Br)c(O)cc1C1CCCCN1. The van der Waals surface area contributed by atoms with Crippen LogP contribution in [-0.4, -0.2) is 11.7 Å². The van der Waals surface area contributed by atoms with Crippen molar-refractivity contribution in [1.29, 1.82) is 0 Å². The summed E-state index contributed by atoms with van der Waals surface area (Å²) in [7, 11) is 0. The molecule has 3 heteroatoms. The lowest BCUT2D eigenvalue weighted by molar-refractivity contribution is 0.407. The van der Waals surface area contributed by atoms with E-state index in [1.807, 2.05) is 12.1 Å². The van der Waals surface area contributed by atoms with E-state index < -0.39 is 0 Å². The van der Waals surface area contributed by atoms with Gasteiger partial charge in [-0.2, -0.15) is 0 Å². The lowest BCUT2D eigenvalue weighted by Gasteiger charge is -2.25. The highest BCUT2D eigenvalue weighted by molar-refractivity contribution is 9.10. The largest absolute Gasteiger partial charge is 0.507 e. The van der Waals surface area contributed by atoms with E-state index in [0.717, 1.165) is 11.0 Å². The first-order valence-electron chi connectivity index (χ1n) is 5.41. The number of nitrogens with one attached hydrogen (secondary N) is 1. The second-order valence-corrected chi connectivity index (χ2v) is 5.02. The zero-order valence-corrected chi connectivity index (χ0v) is 10.5. The molecule has 1 aromatic rings. The summed E-state index contributed by atoms with van der Waals surface area (Å²) in [6, 6.07) is 4.28. The van der Waals surface area contributed by atoms with Crippen LogP contribution in [0.1, 0.15) is 36.4 Å². The van der Waals surface area contributed by atoms with Gasteiger partial charge in [0.2, 0.25) is 0 Å².